The lowest BCUT2D eigenvalue weighted by molar-refractivity contribution is 0.0772. The molecule has 9 heteroatoms. The third-order valence-electron chi connectivity index (χ3n) is 6.77. The third-order valence-corrected chi connectivity index (χ3v) is 7.54. The van der Waals surface area contributed by atoms with Gasteiger partial charge in [-0.2, -0.15) is 0 Å². The first kappa shape index (κ1) is 26.8. The zero-order valence-electron chi connectivity index (χ0n) is 21.7. The molecule has 0 aliphatic carbocycles. The van der Waals surface area contributed by atoms with Crippen molar-refractivity contribution in [2.45, 2.75) is 26.4 Å². The van der Waals surface area contributed by atoms with Crippen molar-refractivity contribution < 1.29 is 14.3 Å². The van der Waals surface area contributed by atoms with Crippen molar-refractivity contribution in [1.29, 1.82) is 0 Å². The summed E-state index contributed by atoms with van der Waals surface area (Å²) in [5, 5.41) is 5.94. The van der Waals surface area contributed by atoms with Crippen LogP contribution < -0.4 is 5.32 Å². The number of nitrogens with zero attached hydrogens (tertiary/aromatic N) is 4. The Morgan fingerprint density at radius 2 is 1.78 bits per heavy atom. The minimum absolute atomic E-state index is 0.0148. The van der Waals surface area contributed by atoms with Crippen LogP contribution in [0.2, 0.25) is 0 Å². The second kappa shape index (κ2) is 12.8. The van der Waals surface area contributed by atoms with Crippen molar-refractivity contribution in [2.24, 2.45) is 0 Å². The quantitative estimate of drug-likeness (QED) is 0.439. The smallest absolute Gasteiger partial charge is 0.411 e. The molecule has 0 bridgehead atoms. The van der Waals surface area contributed by atoms with Crippen molar-refractivity contribution in [3.63, 3.8) is 0 Å². The molecule has 4 rings (SSSR count). The average Bonchev–Trinajstić information content (AvgIpc) is 3.44. The summed E-state index contributed by atoms with van der Waals surface area (Å²) in [6.45, 7) is 9.90. The minimum atomic E-state index is -0.497. The van der Waals surface area contributed by atoms with Crippen LogP contribution in [0.1, 0.15) is 46.4 Å². The number of hydrogen-bond acceptors (Lipinski definition) is 7. The van der Waals surface area contributed by atoms with E-state index in [2.05, 4.69) is 38.3 Å². The van der Waals surface area contributed by atoms with Gasteiger partial charge in [0.25, 0.3) is 5.91 Å². The Morgan fingerprint density at radius 1 is 1.05 bits per heavy atom. The number of benzene rings is 2. The number of hydrogen-bond donors (Lipinski definition) is 1. The number of aromatic nitrogens is 1. The number of nitrogens with one attached hydrogen (secondary N) is 1. The molecule has 0 saturated carbocycles. The fourth-order valence-electron chi connectivity index (χ4n) is 4.77. The summed E-state index contributed by atoms with van der Waals surface area (Å²) in [6, 6.07) is 15.9. The van der Waals surface area contributed by atoms with Gasteiger partial charge in [0.2, 0.25) is 0 Å². The van der Waals surface area contributed by atoms with Crippen LogP contribution in [0.4, 0.5) is 10.5 Å². The van der Waals surface area contributed by atoms with Gasteiger partial charge in [0, 0.05) is 62.1 Å². The maximum absolute atomic E-state index is 12.9. The van der Waals surface area contributed by atoms with Crippen LogP contribution in [0.15, 0.2) is 60.1 Å². The summed E-state index contributed by atoms with van der Waals surface area (Å²) in [4.78, 5) is 35.8. The Balaban J connectivity index is 1.58. The van der Waals surface area contributed by atoms with E-state index in [0.29, 0.717) is 24.3 Å². The maximum Gasteiger partial charge on any atom is 0.411 e. The van der Waals surface area contributed by atoms with Gasteiger partial charge < -0.3 is 9.64 Å². The first-order valence-electron chi connectivity index (χ1n) is 12.7. The second-order valence-electron chi connectivity index (χ2n) is 8.98. The molecule has 2 aromatic carbocycles. The van der Waals surface area contributed by atoms with E-state index in [1.165, 1.54) is 7.11 Å². The van der Waals surface area contributed by atoms with E-state index in [1.54, 1.807) is 11.3 Å². The Morgan fingerprint density at radius 3 is 2.41 bits per heavy atom. The van der Waals surface area contributed by atoms with Crippen LogP contribution in [0.3, 0.4) is 0 Å². The average molecular weight is 522 g/mol. The Kier molecular flexibility index (Phi) is 9.27. The van der Waals surface area contributed by atoms with Crippen LogP contribution in [-0.2, 0) is 11.3 Å². The van der Waals surface area contributed by atoms with Gasteiger partial charge in [-0.05, 0) is 49.2 Å². The Hall–Kier alpha value is -3.27. The van der Waals surface area contributed by atoms with Crippen LogP contribution in [0.5, 0.6) is 0 Å². The number of anilines is 1. The summed E-state index contributed by atoms with van der Waals surface area (Å²) >= 11 is 1.69. The van der Waals surface area contributed by atoms with E-state index in [4.69, 9.17) is 4.74 Å². The van der Waals surface area contributed by atoms with Crippen LogP contribution >= 0.6 is 11.3 Å². The Bertz CT molecular complexity index is 1160. The maximum atomic E-state index is 12.9. The van der Waals surface area contributed by atoms with Crippen molar-refractivity contribution in [1.82, 2.24) is 19.7 Å². The van der Waals surface area contributed by atoms with E-state index in [0.717, 1.165) is 48.9 Å². The number of thiazole rings is 1. The molecule has 3 aromatic rings. The molecule has 37 heavy (non-hydrogen) atoms. The minimum Gasteiger partial charge on any atom is -0.453 e. The molecule has 8 nitrogen and oxygen atoms in total. The summed E-state index contributed by atoms with van der Waals surface area (Å²) < 4.78 is 4.78. The number of amides is 2. The second-order valence-corrected chi connectivity index (χ2v) is 9.96. The summed E-state index contributed by atoms with van der Waals surface area (Å²) in [5.74, 6) is 0.0492. The monoisotopic (exact) mass is 521 g/mol. The Labute approximate surface area is 222 Å². The van der Waals surface area contributed by atoms with E-state index in [1.807, 2.05) is 60.7 Å². The molecule has 1 saturated heterocycles. The molecule has 1 aliphatic heterocycles. The van der Waals surface area contributed by atoms with E-state index < -0.39 is 6.09 Å². The lowest BCUT2D eigenvalue weighted by Gasteiger charge is -2.39. The molecule has 1 aromatic heterocycles. The first-order chi connectivity index (χ1) is 18.0. The van der Waals surface area contributed by atoms with Gasteiger partial charge in [0.15, 0.2) is 0 Å². The molecule has 1 unspecified atom stereocenters. The van der Waals surface area contributed by atoms with E-state index in [-0.39, 0.29) is 11.9 Å². The van der Waals surface area contributed by atoms with Crippen LogP contribution in [-0.4, -0.2) is 78.1 Å². The number of carbonyl (C=O) groups excluding carboxylic acids is 2. The zero-order valence-corrected chi connectivity index (χ0v) is 22.5. The summed E-state index contributed by atoms with van der Waals surface area (Å²) in [6.07, 6.45) is 1.36. The largest absolute Gasteiger partial charge is 0.453 e. The summed E-state index contributed by atoms with van der Waals surface area (Å²) in [7, 11) is 1.36. The van der Waals surface area contributed by atoms with Gasteiger partial charge in [-0.3, -0.25) is 19.9 Å². The van der Waals surface area contributed by atoms with Gasteiger partial charge in [-0.1, -0.05) is 24.3 Å². The predicted octanol–water partition coefficient (Wildman–Crippen LogP) is 4.71. The molecular weight excluding hydrogens is 486 g/mol. The highest BCUT2D eigenvalue weighted by molar-refractivity contribution is 7.09. The first-order valence-corrected chi connectivity index (χ1v) is 13.6. The number of piperazine rings is 1. The molecule has 1 aliphatic rings. The molecule has 1 atom stereocenters. The lowest BCUT2D eigenvalue weighted by atomic mass is 9.95. The number of ether oxygens (including phenoxy) is 1. The molecular formula is C28H35N5O3S. The predicted molar refractivity (Wildman–Crippen MR) is 147 cm³/mol. The van der Waals surface area contributed by atoms with Crippen LogP contribution in [0.25, 0.3) is 0 Å². The van der Waals surface area contributed by atoms with Gasteiger partial charge in [-0.15, -0.1) is 11.3 Å². The van der Waals surface area contributed by atoms with Gasteiger partial charge in [-0.25, -0.2) is 9.78 Å². The van der Waals surface area contributed by atoms with Gasteiger partial charge >= 0.3 is 6.09 Å². The van der Waals surface area contributed by atoms with Crippen molar-refractivity contribution >= 4 is 29.0 Å². The summed E-state index contributed by atoms with van der Waals surface area (Å²) in [5.41, 5.74) is 3.57. The van der Waals surface area contributed by atoms with Gasteiger partial charge in [0.1, 0.15) is 5.01 Å². The van der Waals surface area contributed by atoms with Crippen molar-refractivity contribution in [3.8, 4) is 0 Å². The SMILES string of the molecule is CCN(CC)C(=O)c1ccc(C(c2cccc(NC(=O)OC)c2)N2CCN(Cc3nccs3)CC2)cc1. The topological polar surface area (TPSA) is 78.0 Å². The lowest BCUT2D eigenvalue weighted by Crippen LogP contribution is -2.47. The number of rotatable bonds is 9. The van der Waals surface area contributed by atoms with Crippen molar-refractivity contribution in [3.05, 3.63) is 81.8 Å². The molecule has 0 radical (unpaired) electrons. The molecule has 2 heterocycles. The molecule has 0 spiro atoms. The standard InChI is InChI=1S/C28H35N5O3S/c1-4-32(5-2)27(34)22-11-9-21(10-12-22)26(23-7-6-8-24(19-23)30-28(35)36-3)33-16-14-31(15-17-33)20-25-29-13-18-37-25/h6-13,18-19,26H,4-5,14-17,20H2,1-3H3,(H,30,35). The normalized spacial score (nSPS) is 15.2. The van der Waals surface area contributed by atoms with Crippen LogP contribution in [0, 0.1) is 0 Å². The molecule has 196 valence electrons. The number of carbonyl (C=O) groups is 2. The highest BCUT2D eigenvalue weighted by Crippen LogP contribution is 2.32. The van der Waals surface area contributed by atoms with Gasteiger partial charge in [0.05, 0.1) is 19.7 Å². The van der Waals surface area contributed by atoms with E-state index in [9.17, 15) is 9.59 Å². The molecule has 1 N–H and O–H groups in total. The zero-order chi connectivity index (χ0) is 26.2. The fraction of sp³-hybridized carbons (Fsp3) is 0.393. The highest BCUT2D eigenvalue weighted by atomic mass is 32.1. The van der Waals surface area contributed by atoms with E-state index >= 15 is 0 Å². The molecule has 2 amide bonds. The fourth-order valence-corrected chi connectivity index (χ4v) is 5.43. The molecule has 1 fully saturated rings. The third kappa shape index (κ3) is 6.74. The highest BCUT2D eigenvalue weighted by Gasteiger charge is 2.27. The van der Waals surface area contributed by atoms with Crippen molar-refractivity contribution in [2.75, 3.05) is 51.7 Å². The number of methoxy groups -OCH3 is 1.